The van der Waals surface area contributed by atoms with Crippen molar-refractivity contribution in [3.05, 3.63) is 29.8 Å². The molecule has 0 radical (unpaired) electrons. The van der Waals surface area contributed by atoms with E-state index >= 15 is 0 Å². The number of hydrogen-bond acceptors (Lipinski definition) is 2. The molecule has 2 saturated carbocycles. The Kier molecular flexibility index (Phi) is 6.31. The molecule has 1 aromatic rings. The number of amides is 1. The summed E-state index contributed by atoms with van der Waals surface area (Å²) in [4.78, 5) is 16.7. The monoisotopic (exact) mass is 342 g/mol. The van der Waals surface area contributed by atoms with E-state index in [1.807, 2.05) is 24.3 Å². The second-order valence-electron chi connectivity index (χ2n) is 7.35. The van der Waals surface area contributed by atoms with Crippen LogP contribution in [0.15, 0.2) is 29.3 Å². The first kappa shape index (κ1) is 17.8. The third-order valence-electron chi connectivity index (χ3n) is 5.31. The standard InChI is InChI=1S/C20H30N4O/c21-20(24-17-10-2-1-3-11-17)22-14-15-7-6-12-18(13-15)23-19(25)16-8-4-5-9-16/h6-7,12-13,16-17H,1-5,8-11,14H2,(H,23,25)(H3,21,22,24). The highest BCUT2D eigenvalue weighted by atomic mass is 16.1. The van der Waals surface area contributed by atoms with Crippen LogP contribution < -0.4 is 16.4 Å². The van der Waals surface area contributed by atoms with Crippen LogP contribution in [-0.4, -0.2) is 17.9 Å². The summed E-state index contributed by atoms with van der Waals surface area (Å²) in [6, 6.07) is 8.37. The molecule has 0 saturated heterocycles. The van der Waals surface area contributed by atoms with Gasteiger partial charge in [0, 0.05) is 17.6 Å². The third-order valence-corrected chi connectivity index (χ3v) is 5.31. The fourth-order valence-electron chi connectivity index (χ4n) is 3.86. The minimum atomic E-state index is 0.150. The Morgan fingerprint density at radius 3 is 2.56 bits per heavy atom. The van der Waals surface area contributed by atoms with E-state index in [9.17, 15) is 4.79 Å². The minimum absolute atomic E-state index is 0.150. The molecule has 5 nitrogen and oxygen atoms in total. The molecular formula is C20H30N4O. The molecule has 0 aromatic heterocycles. The van der Waals surface area contributed by atoms with Gasteiger partial charge >= 0.3 is 0 Å². The van der Waals surface area contributed by atoms with E-state index in [4.69, 9.17) is 5.73 Å². The molecule has 0 aliphatic heterocycles. The largest absolute Gasteiger partial charge is 0.370 e. The molecule has 4 N–H and O–H groups in total. The number of hydrogen-bond donors (Lipinski definition) is 3. The van der Waals surface area contributed by atoms with Gasteiger partial charge in [-0.2, -0.15) is 0 Å². The summed E-state index contributed by atoms with van der Waals surface area (Å²) in [6.07, 6.45) is 10.6. The van der Waals surface area contributed by atoms with E-state index < -0.39 is 0 Å². The number of aliphatic imine (C=N–C) groups is 1. The summed E-state index contributed by atoms with van der Waals surface area (Å²) >= 11 is 0. The van der Waals surface area contributed by atoms with Gasteiger partial charge in [-0.25, -0.2) is 4.99 Å². The van der Waals surface area contributed by atoms with Crippen LogP contribution in [-0.2, 0) is 11.3 Å². The quantitative estimate of drug-likeness (QED) is 0.565. The number of rotatable bonds is 5. The van der Waals surface area contributed by atoms with E-state index in [1.165, 1.54) is 44.9 Å². The van der Waals surface area contributed by atoms with Gasteiger partial charge in [0.2, 0.25) is 5.91 Å². The van der Waals surface area contributed by atoms with E-state index in [2.05, 4.69) is 15.6 Å². The van der Waals surface area contributed by atoms with Crippen LogP contribution in [0.3, 0.4) is 0 Å². The maximum absolute atomic E-state index is 12.2. The zero-order valence-electron chi connectivity index (χ0n) is 15.0. The van der Waals surface area contributed by atoms with Gasteiger partial charge in [0.15, 0.2) is 5.96 Å². The average Bonchev–Trinajstić information content (AvgIpc) is 3.16. The normalized spacial score (nSPS) is 19.8. The van der Waals surface area contributed by atoms with Crippen LogP contribution in [0.5, 0.6) is 0 Å². The molecule has 2 aliphatic carbocycles. The molecule has 25 heavy (non-hydrogen) atoms. The molecule has 0 unspecified atom stereocenters. The number of nitrogens with zero attached hydrogens (tertiary/aromatic N) is 1. The van der Waals surface area contributed by atoms with E-state index in [1.54, 1.807) is 0 Å². The summed E-state index contributed by atoms with van der Waals surface area (Å²) < 4.78 is 0. The van der Waals surface area contributed by atoms with Crippen LogP contribution in [0.2, 0.25) is 0 Å². The molecule has 0 heterocycles. The van der Waals surface area contributed by atoms with Gasteiger partial charge in [-0.05, 0) is 43.4 Å². The van der Waals surface area contributed by atoms with Crippen LogP contribution in [0.25, 0.3) is 0 Å². The fraction of sp³-hybridized carbons (Fsp3) is 0.600. The van der Waals surface area contributed by atoms with Gasteiger partial charge in [-0.1, -0.05) is 44.2 Å². The Morgan fingerprint density at radius 2 is 1.80 bits per heavy atom. The summed E-state index contributed by atoms with van der Waals surface area (Å²) in [6.45, 7) is 0.526. The number of nitrogens with one attached hydrogen (secondary N) is 2. The van der Waals surface area contributed by atoms with Crippen LogP contribution >= 0.6 is 0 Å². The molecule has 0 bridgehead atoms. The lowest BCUT2D eigenvalue weighted by Crippen LogP contribution is -2.41. The molecule has 2 aliphatic rings. The molecule has 3 rings (SSSR count). The van der Waals surface area contributed by atoms with Gasteiger partial charge in [0.05, 0.1) is 6.54 Å². The van der Waals surface area contributed by atoms with Crippen molar-refractivity contribution < 1.29 is 4.79 Å². The molecule has 1 amide bonds. The average molecular weight is 342 g/mol. The SMILES string of the molecule is NC(=NCc1cccc(NC(=O)C2CCCC2)c1)NC1CCCCC1. The van der Waals surface area contributed by atoms with Crippen LogP contribution in [0.4, 0.5) is 5.69 Å². The zero-order valence-corrected chi connectivity index (χ0v) is 15.0. The molecule has 2 fully saturated rings. The zero-order chi connectivity index (χ0) is 17.5. The highest BCUT2D eigenvalue weighted by Crippen LogP contribution is 2.26. The van der Waals surface area contributed by atoms with Crippen molar-refractivity contribution in [3.8, 4) is 0 Å². The van der Waals surface area contributed by atoms with Gasteiger partial charge in [-0.3, -0.25) is 4.79 Å². The van der Waals surface area contributed by atoms with Crippen molar-refractivity contribution in [2.45, 2.75) is 70.4 Å². The summed E-state index contributed by atoms with van der Waals surface area (Å²) in [7, 11) is 0. The maximum atomic E-state index is 12.2. The van der Waals surface area contributed by atoms with Crippen molar-refractivity contribution in [3.63, 3.8) is 0 Å². The molecule has 1 aromatic carbocycles. The maximum Gasteiger partial charge on any atom is 0.227 e. The first-order chi connectivity index (χ1) is 12.2. The lowest BCUT2D eigenvalue weighted by molar-refractivity contribution is -0.119. The lowest BCUT2D eigenvalue weighted by Gasteiger charge is -2.23. The first-order valence-electron chi connectivity index (χ1n) is 9.67. The highest BCUT2D eigenvalue weighted by Gasteiger charge is 2.22. The van der Waals surface area contributed by atoms with E-state index in [0.29, 0.717) is 18.5 Å². The van der Waals surface area contributed by atoms with Crippen molar-refractivity contribution in [2.75, 3.05) is 5.32 Å². The summed E-state index contributed by atoms with van der Waals surface area (Å²) in [5.41, 5.74) is 7.93. The van der Waals surface area contributed by atoms with Gasteiger partial charge < -0.3 is 16.4 Å². The van der Waals surface area contributed by atoms with Crippen molar-refractivity contribution in [1.29, 1.82) is 0 Å². The summed E-state index contributed by atoms with van der Waals surface area (Å²) in [5, 5.41) is 6.37. The number of nitrogens with two attached hydrogens (primary N) is 1. The number of anilines is 1. The number of guanidine groups is 1. The van der Waals surface area contributed by atoms with Crippen LogP contribution in [0.1, 0.15) is 63.4 Å². The first-order valence-corrected chi connectivity index (χ1v) is 9.67. The van der Waals surface area contributed by atoms with Crippen LogP contribution in [0, 0.1) is 5.92 Å². The Bertz CT molecular complexity index is 601. The Labute approximate surface area is 150 Å². The molecule has 5 heteroatoms. The predicted molar refractivity (Wildman–Crippen MR) is 102 cm³/mol. The number of benzene rings is 1. The Hall–Kier alpha value is -2.04. The van der Waals surface area contributed by atoms with E-state index in [-0.39, 0.29) is 11.8 Å². The van der Waals surface area contributed by atoms with Crippen molar-refractivity contribution >= 4 is 17.6 Å². The number of carbonyl (C=O) groups excluding carboxylic acids is 1. The smallest absolute Gasteiger partial charge is 0.227 e. The second-order valence-corrected chi connectivity index (χ2v) is 7.35. The predicted octanol–water partition coefficient (Wildman–Crippen LogP) is 3.55. The summed E-state index contributed by atoms with van der Waals surface area (Å²) in [5.74, 6) is 0.848. The van der Waals surface area contributed by atoms with Crippen molar-refractivity contribution in [2.24, 2.45) is 16.6 Å². The topological polar surface area (TPSA) is 79.5 Å². The van der Waals surface area contributed by atoms with E-state index in [0.717, 1.165) is 24.1 Å². The Balaban J connectivity index is 1.51. The van der Waals surface area contributed by atoms with Gasteiger partial charge in [0.25, 0.3) is 0 Å². The molecular weight excluding hydrogens is 312 g/mol. The minimum Gasteiger partial charge on any atom is -0.370 e. The van der Waals surface area contributed by atoms with Gasteiger partial charge in [-0.15, -0.1) is 0 Å². The van der Waals surface area contributed by atoms with Gasteiger partial charge in [0.1, 0.15) is 0 Å². The lowest BCUT2D eigenvalue weighted by atomic mass is 9.96. The third kappa shape index (κ3) is 5.48. The number of carbonyl (C=O) groups is 1. The van der Waals surface area contributed by atoms with Crippen molar-refractivity contribution in [1.82, 2.24) is 5.32 Å². The molecule has 0 spiro atoms. The fourth-order valence-corrected chi connectivity index (χ4v) is 3.86. The molecule has 136 valence electrons. The second kappa shape index (κ2) is 8.88. The highest BCUT2D eigenvalue weighted by molar-refractivity contribution is 5.92. The molecule has 0 atom stereocenters. The Morgan fingerprint density at radius 1 is 1.08 bits per heavy atom.